The minimum atomic E-state index is -0.160. The number of carbonyl (C=O) groups excluding carboxylic acids is 1. The first-order chi connectivity index (χ1) is 9.65. The normalized spacial score (nSPS) is 11.9. The Morgan fingerprint density at radius 2 is 2.05 bits per heavy atom. The molecule has 1 aromatic carbocycles. The van der Waals surface area contributed by atoms with Gasteiger partial charge in [-0.05, 0) is 37.1 Å². The van der Waals surface area contributed by atoms with Crippen molar-refractivity contribution in [1.29, 1.82) is 0 Å². The number of benzene rings is 1. The molecule has 1 atom stereocenters. The molecule has 2 N–H and O–H groups in total. The second kappa shape index (κ2) is 6.80. The van der Waals surface area contributed by atoms with E-state index in [2.05, 4.69) is 10.6 Å². The van der Waals surface area contributed by atoms with E-state index in [1.165, 1.54) is 5.56 Å². The molecule has 0 saturated carbocycles. The molecule has 106 valence electrons. The van der Waals surface area contributed by atoms with Gasteiger partial charge in [-0.2, -0.15) is 0 Å². The van der Waals surface area contributed by atoms with Crippen LogP contribution < -0.4 is 10.6 Å². The Bertz CT molecular complexity index is 549. The van der Waals surface area contributed by atoms with Crippen LogP contribution in [0.4, 0.5) is 4.79 Å². The number of carbonyl (C=O) groups is 1. The van der Waals surface area contributed by atoms with Crippen LogP contribution in [0, 0.1) is 6.92 Å². The summed E-state index contributed by atoms with van der Waals surface area (Å²) in [5, 5.41) is 5.77. The molecular formula is C16H20N2O2. The maximum atomic E-state index is 11.8. The predicted octanol–water partition coefficient (Wildman–Crippen LogP) is 3.02. The molecule has 0 aliphatic carbocycles. The lowest BCUT2D eigenvalue weighted by Gasteiger charge is -2.14. The standard InChI is InChI=1S/C16H20N2O2/c1-12-6-3-4-7-14(12)11-17-16(19)18-13(2)10-15-8-5-9-20-15/h3-9,13H,10-11H2,1-2H3,(H2,17,18,19). The van der Waals surface area contributed by atoms with Crippen molar-refractivity contribution in [3.8, 4) is 0 Å². The maximum Gasteiger partial charge on any atom is 0.315 e. The van der Waals surface area contributed by atoms with E-state index in [0.29, 0.717) is 13.0 Å². The molecule has 0 bridgehead atoms. The van der Waals surface area contributed by atoms with Crippen molar-refractivity contribution in [1.82, 2.24) is 10.6 Å². The van der Waals surface area contributed by atoms with Crippen LogP contribution in [-0.2, 0) is 13.0 Å². The summed E-state index contributed by atoms with van der Waals surface area (Å²) in [7, 11) is 0. The summed E-state index contributed by atoms with van der Waals surface area (Å²) in [6.07, 6.45) is 2.32. The monoisotopic (exact) mass is 272 g/mol. The fourth-order valence-corrected chi connectivity index (χ4v) is 2.04. The lowest BCUT2D eigenvalue weighted by atomic mass is 10.1. The molecule has 2 amide bonds. The molecule has 1 heterocycles. The number of rotatable bonds is 5. The lowest BCUT2D eigenvalue weighted by Crippen LogP contribution is -2.41. The zero-order chi connectivity index (χ0) is 14.4. The minimum absolute atomic E-state index is 0.0259. The smallest absolute Gasteiger partial charge is 0.315 e. The highest BCUT2D eigenvalue weighted by Gasteiger charge is 2.09. The van der Waals surface area contributed by atoms with Gasteiger partial charge in [0.1, 0.15) is 5.76 Å². The lowest BCUT2D eigenvalue weighted by molar-refractivity contribution is 0.237. The Morgan fingerprint density at radius 3 is 2.75 bits per heavy atom. The van der Waals surface area contributed by atoms with Crippen LogP contribution >= 0.6 is 0 Å². The van der Waals surface area contributed by atoms with E-state index in [9.17, 15) is 4.79 Å². The number of nitrogens with one attached hydrogen (secondary N) is 2. The van der Waals surface area contributed by atoms with Gasteiger partial charge in [0.2, 0.25) is 0 Å². The van der Waals surface area contributed by atoms with E-state index in [0.717, 1.165) is 11.3 Å². The molecule has 0 saturated heterocycles. The summed E-state index contributed by atoms with van der Waals surface area (Å²) in [4.78, 5) is 11.8. The van der Waals surface area contributed by atoms with Gasteiger partial charge in [-0.1, -0.05) is 24.3 Å². The second-order valence-corrected chi connectivity index (χ2v) is 4.94. The van der Waals surface area contributed by atoms with E-state index >= 15 is 0 Å². The molecule has 0 aliphatic heterocycles. The molecule has 0 aliphatic rings. The van der Waals surface area contributed by atoms with E-state index in [4.69, 9.17) is 4.42 Å². The van der Waals surface area contributed by atoms with Gasteiger partial charge in [0.05, 0.1) is 6.26 Å². The third kappa shape index (κ3) is 4.16. The Morgan fingerprint density at radius 1 is 1.25 bits per heavy atom. The molecular weight excluding hydrogens is 252 g/mol. The number of furan rings is 1. The molecule has 0 fully saturated rings. The quantitative estimate of drug-likeness (QED) is 0.879. The average Bonchev–Trinajstić information content (AvgIpc) is 2.90. The zero-order valence-electron chi connectivity index (χ0n) is 11.8. The molecule has 2 rings (SSSR count). The van der Waals surface area contributed by atoms with Crippen LogP contribution in [0.1, 0.15) is 23.8 Å². The first-order valence-corrected chi connectivity index (χ1v) is 6.76. The second-order valence-electron chi connectivity index (χ2n) is 4.94. The predicted molar refractivity (Wildman–Crippen MR) is 78.4 cm³/mol. The Balaban J connectivity index is 1.76. The highest BCUT2D eigenvalue weighted by molar-refractivity contribution is 5.74. The first-order valence-electron chi connectivity index (χ1n) is 6.76. The summed E-state index contributed by atoms with van der Waals surface area (Å²) in [5.74, 6) is 0.872. The fraction of sp³-hybridized carbons (Fsp3) is 0.312. The van der Waals surface area contributed by atoms with Crippen LogP contribution in [0.2, 0.25) is 0 Å². The zero-order valence-corrected chi connectivity index (χ0v) is 11.8. The Hall–Kier alpha value is -2.23. The topological polar surface area (TPSA) is 54.3 Å². The number of amides is 2. The van der Waals surface area contributed by atoms with Crippen LogP contribution in [0.3, 0.4) is 0 Å². The number of urea groups is 1. The number of aryl methyl sites for hydroxylation is 1. The SMILES string of the molecule is Cc1ccccc1CNC(=O)NC(C)Cc1ccco1. The molecule has 4 nitrogen and oxygen atoms in total. The van der Waals surface area contributed by atoms with Crippen molar-refractivity contribution in [2.24, 2.45) is 0 Å². The molecule has 0 radical (unpaired) electrons. The molecule has 1 aromatic heterocycles. The first kappa shape index (κ1) is 14.2. The summed E-state index contributed by atoms with van der Waals surface area (Å²) >= 11 is 0. The average molecular weight is 272 g/mol. The van der Waals surface area contributed by atoms with E-state index in [-0.39, 0.29) is 12.1 Å². The molecule has 0 spiro atoms. The van der Waals surface area contributed by atoms with Gasteiger partial charge in [0.15, 0.2) is 0 Å². The third-order valence-electron chi connectivity index (χ3n) is 3.17. The van der Waals surface area contributed by atoms with Crippen molar-refractivity contribution >= 4 is 6.03 Å². The largest absolute Gasteiger partial charge is 0.469 e. The van der Waals surface area contributed by atoms with Gasteiger partial charge in [-0.15, -0.1) is 0 Å². The van der Waals surface area contributed by atoms with Gasteiger partial charge >= 0.3 is 6.03 Å². The third-order valence-corrected chi connectivity index (χ3v) is 3.17. The Kier molecular flexibility index (Phi) is 4.82. The van der Waals surface area contributed by atoms with Gasteiger partial charge in [0, 0.05) is 19.0 Å². The van der Waals surface area contributed by atoms with Crippen molar-refractivity contribution in [2.75, 3.05) is 0 Å². The maximum absolute atomic E-state index is 11.8. The van der Waals surface area contributed by atoms with Crippen LogP contribution in [-0.4, -0.2) is 12.1 Å². The summed E-state index contributed by atoms with van der Waals surface area (Å²) < 4.78 is 5.26. The highest BCUT2D eigenvalue weighted by Crippen LogP contribution is 2.06. The van der Waals surface area contributed by atoms with E-state index in [1.807, 2.05) is 50.2 Å². The summed E-state index contributed by atoms with van der Waals surface area (Å²) in [6.45, 7) is 4.52. The number of hydrogen-bond donors (Lipinski definition) is 2. The molecule has 1 unspecified atom stereocenters. The number of hydrogen-bond acceptors (Lipinski definition) is 2. The van der Waals surface area contributed by atoms with Gasteiger partial charge in [-0.3, -0.25) is 0 Å². The Labute approximate surface area is 119 Å². The molecule has 2 aromatic rings. The molecule has 20 heavy (non-hydrogen) atoms. The fourth-order valence-electron chi connectivity index (χ4n) is 2.04. The molecule has 4 heteroatoms. The van der Waals surface area contributed by atoms with Crippen LogP contribution in [0.25, 0.3) is 0 Å². The van der Waals surface area contributed by atoms with Crippen molar-refractivity contribution in [3.63, 3.8) is 0 Å². The van der Waals surface area contributed by atoms with Crippen molar-refractivity contribution in [3.05, 3.63) is 59.5 Å². The van der Waals surface area contributed by atoms with Gasteiger partial charge < -0.3 is 15.1 Å². The van der Waals surface area contributed by atoms with Crippen LogP contribution in [0.15, 0.2) is 47.1 Å². The van der Waals surface area contributed by atoms with Crippen molar-refractivity contribution in [2.45, 2.75) is 32.9 Å². The summed E-state index contributed by atoms with van der Waals surface area (Å²) in [5.41, 5.74) is 2.30. The van der Waals surface area contributed by atoms with E-state index < -0.39 is 0 Å². The minimum Gasteiger partial charge on any atom is -0.469 e. The highest BCUT2D eigenvalue weighted by atomic mass is 16.3. The van der Waals surface area contributed by atoms with Gasteiger partial charge in [0.25, 0.3) is 0 Å². The van der Waals surface area contributed by atoms with Crippen molar-refractivity contribution < 1.29 is 9.21 Å². The van der Waals surface area contributed by atoms with Gasteiger partial charge in [-0.25, -0.2) is 4.79 Å². The van der Waals surface area contributed by atoms with E-state index in [1.54, 1.807) is 6.26 Å². The summed E-state index contributed by atoms with van der Waals surface area (Å²) in [6, 6.07) is 11.6. The van der Waals surface area contributed by atoms with Crippen LogP contribution in [0.5, 0.6) is 0 Å².